The van der Waals surface area contributed by atoms with Crippen LogP contribution in [0.25, 0.3) is 0 Å². The van der Waals surface area contributed by atoms with Crippen LogP contribution in [0.15, 0.2) is 48.5 Å². The molecular weight excluding hydrogens is 402 g/mol. The number of nitrogens with one attached hydrogen (secondary N) is 1. The van der Waals surface area contributed by atoms with Crippen molar-refractivity contribution in [3.05, 3.63) is 71.3 Å². The van der Waals surface area contributed by atoms with Crippen LogP contribution >= 0.6 is 0 Å². The second-order valence-electron chi connectivity index (χ2n) is 8.42. The monoisotopic (exact) mass is 428 g/mol. The van der Waals surface area contributed by atoms with Crippen molar-refractivity contribution in [2.24, 2.45) is 5.92 Å². The van der Waals surface area contributed by atoms with E-state index >= 15 is 0 Å². The molecule has 1 saturated heterocycles. The van der Waals surface area contributed by atoms with Gasteiger partial charge in [-0.05, 0) is 49.8 Å². The van der Waals surface area contributed by atoms with Gasteiger partial charge in [0.15, 0.2) is 0 Å². The second-order valence-corrected chi connectivity index (χ2v) is 8.42. The van der Waals surface area contributed by atoms with Gasteiger partial charge in [0.25, 0.3) is 5.91 Å². The normalized spacial score (nSPS) is 25.6. The van der Waals surface area contributed by atoms with E-state index in [4.69, 9.17) is 4.74 Å². The molecule has 31 heavy (non-hydrogen) atoms. The first-order chi connectivity index (χ1) is 14.9. The third kappa shape index (κ3) is 4.19. The number of carbonyl (C=O) groups excluding carboxylic acids is 2. The van der Waals surface area contributed by atoms with Gasteiger partial charge in [0.2, 0.25) is 5.91 Å². The molecule has 7 heteroatoms. The highest BCUT2D eigenvalue weighted by molar-refractivity contribution is 5.98. The van der Waals surface area contributed by atoms with Gasteiger partial charge in [-0.1, -0.05) is 37.3 Å². The summed E-state index contributed by atoms with van der Waals surface area (Å²) in [4.78, 5) is 27.9. The van der Waals surface area contributed by atoms with Gasteiger partial charge in [0.05, 0.1) is 12.2 Å². The van der Waals surface area contributed by atoms with Gasteiger partial charge in [-0.2, -0.15) is 0 Å². The fraction of sp³-hybridized carbons (Fsp3) is 0.417. The Morgan fingerprint density at radius 2 is 1.71 bits per heavy atom. The summed E-state index contributed by atoms with van der Waals surface area (Å²) in [6, 6.07) is 11.0. The SMILES string of the molecule is CC1CCC2(CC1)OC[C@@H](C(=O)NCc1ccccc1F)N2C(=O)c1ccccc1F. The van der Waals surface area contributed by atoms with Crippen LogP contribution < -0.4 is 5.32 Å². The van der Waals surface area contributed by atoms with Crippen molar-refractivity contribution in [1.29, 1.82) is 0 Å². The number of halogens is 2. The molecule has 1 aliphatic heterocycles. The van der Waals surface area contributed by atoms with Crippen LogP contribution in [-0.2, 0) is 16.1 Å². The van der Waals surface area contributed by atoms with E-state index in [0.29, 0.717) is 24.3 Å². The molecule has 0 bridgehead atoms. The molecule has 1 saturated carbocycles. The van der Waals surface area contributed by atoms with Crippen molar-refractivity contribution >= 4 is 11.8 Å². The van der Waals surface area contributed by atoms with E-state index in [9.17, 15) is 18.4 Å². The summed E-state index contributed by atoms with van der Waals surface area (Å²) in [6.45, 7) is 2.16. The Labute approximate surface area is 180 Å². The quantitative estimate of drug-likeness (QED) is 0.800. The number of carbonyl (C=O) groups is 2. The largest absolute Gasteiger partial charge is 0.353 e. The van der Waals surface area contributed by atoms with E-state index in [1.54, 1.807) is 24.3 Å². The molecule has 0 radical (unpaired) electrons. The Morgan fingerprint density at radius 3 is 2.39 bits per heavy atom. The fourth-order valence-electron chi connectivity index (χ4n) is 4.49. The molecule has 2 aromatic rings. The number of benzene rings is 2. The second kappa shape index (κ2) is 8.75. The zero-order valence-electron chi connectivity index (χ0n) is 17.4. The molecule has 0 aromatic heterocycles. The van der Waals surface area contributed by atoms with E-state index in [-0.39, 0.29) is 18.7 Å². The lowest BCUT2D eigenvalue weighted by Crippen LogP contribution is -2.56. The number of hydrogen-bond acceptors (Lipinski definition) is 3. The molecule has 2 aliphatic rings. The van der Waals surface area contributed by atoms with Crippen LogP contribution in [0.5, 0.6) is 0 Å². The maximum absolute atomic E-state index is 14.4. The molecule has 4 rings (SSSR count). The van der Waals surface area contributed by atoms with Gasteiger partial charge in [0.1, 0.15) is 23.4 Å². The topological polar surface area (TPSA) is 58.6 Å². The van der Waals surface area contributed by atoms with Crippen LogP contribution in [0.2, 0.25) is 0 Å². The highest BCUT2D eigenvalue weighted by atomic mass is 19.1. The Kier molecular flexibility index (Phi) is 6.05. The number of ether oxygens (including phenoxy) is 1. The van der Waals surface area contributed by atoms with Crippen LogP contribution in [0.3, 0.4) is 0 Å². The summed E-state index contributed by atoms with van der Waals surface area (Å²) in [5.74, 6) is -1.56. The molecule has 1 heterocycles. The summed E-state index contributed by atoms with van der Waals surface area (Å²) >= 11 is 0. The first-order valence-electron chi connectivity index (χ1n) is 10.6. The first kappa shape index (κ1) is 21.4. The van der Waals surface area contributed by atoms with E-state index in [2.05, 4.69) is 12.2 Å². The van der Waals surface area contributed by atoms with Crippen molar-refractivity contribution in [2.75, 3.05) is 6.61 Å². The molecule has 1 atom stereocenters. The van der Waals surface area contributed by atoms with Crippen LogP contribution in [0.1, 0.15) is 48.5 Å². The molecule has 2 amide bonds. The molecule has 2 fully saturated rings. The predicted octanol–water partition coefficient (Wildman–Crippen LogP) is 4.03. The van der Waals surface area contributed by atoms with Crippen LogP contribution in [0, 0.1) is 17.6 Å². The molecule has 1 spiro atoms. The maximum atomic E-state index is 14.4. The molecule has 164 valence electrons. The van der Waals surface area contributed by atoms with Gasteiger partial charge in [-0.25, -0.2) is 8.78 Å². The highest BCUT2D eigenvalue weighted by Gasteiger charge is 2.53. The zero-order chi connectivity index (χ0) is 22.0. The smallest absolute Gasteiger partial charge is 0.259 e. The Bertz CT molecular complexity index is 973. The van der Waals surface area contributed by atoms with Crippen LogP contribution in [0.4, 0.5) is 8.78 Å². The van der Waals surface area contributed by atoms with E-state index in [0.717, 1.165) is 12.8 Å². The van der Waals surface area contributed by atoms with Gasteiger partial charge < -0.3 is 10.1 Å². The van der Waals surface area contributed by atoms with Gasteiger partial charge in [-0.3, -0.25) is 14.5 Å². The Hall–Kier alpha value is -2.80. The van der Waals surface area contributed by atoms with Gasteiger partial charge in [0, 0.05) is 12.1 Å². The average molecular weight is 428 g/mol. The van der Waals surface area contributed by atoms with Crippen molar-refractivity contribution in [1.82, 2.24) is 10.2 Å². The van der Waals surface area contributed by atoms with Crippen molar-refractivity contribution in [2.45, 2.75) is 50.9 Å². The highest BCUT2D eigenvalue weighted by Crippen LogP contribution is 2.43. The molecule has 2 aromatic carbocycles. The number of rotatable bonds is 4. The van der Waals surface area contributed by atoms with Gasteiger partial charge in [-0.15, -0.1) is 0 Å². The zero-order valence-corrected chi connectivity index (χ0v) is 17.4. The predicted molar refractivity (Wildman–Crippen MR) is 111 cm³/mol. The van der Waals surface area contributed by atoms with E-state index < -0.39 is 35.2 Å². The summed E-state index contributed by atoms with van der Waals surface area (Å²) in [6.07, 6.45) is 2.88. The lowest BCUT2D eigenvalue weighted by atomic mass is 9.83. The third-order valence-electron chi connectivity index (χ3n) is 6.35. The summed E-state index contributed by atoms with van der Waals surface area (Å²) in [7, 11) is 0. The van der Waals surface area contributed by atoms with E-state index in [1.807, 2.05) is 0 Å². The Balaban J connectivity index is 1.60. The Morgan fingerprint density at radius 1 is 1.06 bits per heavy atom. The molecule has 0 unspecified atom stereocenters. The van der Waals surface area contributed by atoms with E-state index in [1.165, 1.54) is 29.2 Å². The van der Waals surface area contributed by atoms with Crippen molar-refractivity contribution in [3.63, 3.8) is 0 Å². The minimum atomic E-state index is -0.925. The summed E-state index contributed by atoms with van der Waals surface area (Å²) < 4.78 is 34.4. The lowest BCUT2D eigenvalue weighted by Gasteiger charge is -2.43. The fourth-order valence-corrected chi connectivity index (χ4v) is 4.49. The lowest BCUT2D eigenvalue weighted by molar-refractivity contribution is -0.128. The average Bonchev–Trinajstić information content (AvgIpc) is 3.14. The standard InChI is InChI=1S/C24H26F2N2O3/c1-16-10-12-24(13-11-16)28(23(30)18-7-3-5-9-20(18)26)21(15-31-24)22(29)27-14-17-6-2-4-8-19(17)25/h2-9,16,21H,10-15H2,1H3,(H,27,29)/t16?,21-,24?/m0/s1. The van der Waals surface area contributed by atoms with Crippen LogP contribution in [-0.4, -0.2) is 35.1 Å². The van der Waals surface area contributed by atoms with Crippen molar-refractivity contribution in [3.8, 4) is 0 Å². The third-order valence-corrected chi connectivity index (χ3v) is 6.35. The molecule has 1 aliphatic carbocycles. The minimum Gasteiger partial charge on any atom is -0.353 e. The summed E-state index contributed by atoms with van der Waals surface area (Å²) in [5, 5.41) is 2.72. The maximum Gasteiger partial charge on any atom is 0.259 e. The minimum absolute atomic E-state index is 0.00618. The number of amides is 2. The molecular formula is C24H26F2N2O3. The molecule has 5 nitrogen and oxygen atoms in total. The van der Waals surface area contributed by atoms with Crippen molar-refractivity contribution < 1.29 is 23.1 Å². The molecule has 1 N–H and O–H groups in total. The number of hydrogen-bond donors (Lipinski definition) is 1. The van der Waals surface area contributed by atoms with Gasteiger partial charge >= 0.3 is 0 Å². The number of nitrogens with zero attached hydrogens (tertiary/aromatic N) is 1. The summed E-state index contributed by atoms with van der Waals surface area (Å²) in [5.41, 5.74) is -0.660. The first-order valence-corrected chi connectivity index (χ1v) is 10.6.